The van der Waals surface area contributed by atoms with Crippen molar-refractivity contribution in [1.29, 1.82) is 0 Å². The molecule has 0 unspecified atom stereocenters. The maximum Gasteiger partial charge on any atom is 0.0761 e. The minimum Gasteiger partial charge on any atom is -0.391 e. The molecule has 4 rings (SSSR count). The van der Waals surface area contributed by atoms with Gasteiger partial charge >= 0.3 is 0 Å². The van der Waals surface area contributed by atoms with Gasteiger partial charge in [0.05, 0.1) is 12.1 Å². The molecular weight excluding hydrogens is 294 g/mol. The molecule has 0 saturated heterocycles. The quantitative estimate of drug-likeness (QED) is 0.712. The molecule has 0 bridgehead atoms. The summed E-state index contributed by atoms with van der Waals surface area (Å²) < 4.78 is 0. The molecule has 0 aliphatic heterocycles. The summed E-state index contributed by atoms with van der Waals surface area (Å²) in [5, 5.41) is 15.2. The number of aliphatic hydroxyl groups is 1. The lowest BCUT2D eigenvalue weighted by Crippen LogP contribution is -2.28. The van der Waals surface area contributed by atoms with Crippen molar-refractivity contribution in [2.75, 3.05) is 0 Å². The Balaban J connectivity index is 0.00000144. The summed E-state index contributed by atoms with van der Waals surface area (Å²) in [6.07, 6.45) is 1.76. The minimum atomic E-state index is -0.436. The lowest BCUT2D eigenvalue weighted by Gasteiger charge is -2.21. The molecule has 0 spiro atoms. The number of hydrogen-bond donors (Lipinski definition) is 2. The van der Waals surface area contributed by atoms with Gasteiger partial charge in [-0.2, -0.15) is 0 Å². The van der Waals surface area contributed by atoms with Crippen LogP contribution in [0.1, 0.15) is 24.4 Å². The first kappa shape index (κ1) is 15.3. The molecule has 22 heavy (non-hydrogen) atoms. The second kappa shape index (κ2) is 5.88. The molecule has 1 aliphatic rings. The van der Waals surface area contributed by atoms with E-state index in [1.165, 1.54) is 16.2 Å². The van der Waals surface area contributed by atoms with Crippen LogP contribution >= 0.6 is 12.4 Å². The predicted octanol–water partition coefficient (Wildman–Crippen LogP) is 4.19. The van der Waals surface area contributed by atoms with Gasteiger partial charge in [0.2, 0.25) is 0 Å². The maximum atomic E-state index is 10.4. The van der Waals surface area contributed by atoms with E-state index in [1.807, 2.05) is 12.1 Å². The van der Waals surface area contributed by atoms with Crippen LogP contribution in [0, 0.1) is 5.92 Å². The van der Waals surface area contributed by atoms with Crippen LogP contribution in [0.3, 0.4) is 0 Å². The zero-order valence-electron chi connectivity index (χ0n) is 12.3. The van der Waals surface area contributed by atoms with Crippen LogP contribution < -0.4 is 5.73 Å². The first-order valence-electron chi connectivity index (χ1n) is 7.60. The highest BCUT2D eigenvalue weighted by atomic mass is 35.5. The molecule has 0 amide bonds. The number of nitrogens with two attached hydrogens (primary N) is 1. The third-order valence-electron chi connectivity index (χ3n) is 4.63. The Kier molecular flexibility index (Phi) is 4.09. The summed E-state index contributed by atoms with van der Waals surface area (Å²) in [6.45, 7) is 0. The van der Waals surface area contributed by atoms with E-state index in [2.05, 4.69) is 42.5 Å². The van der Waals surface area contributed by atoms with Crippen molar-refractivity contribution in [2.24, 2.45) is 11.7 Å². The SMILES string of the molecule is Cl.N[C@H](c1cc2ccccc2c2ccccc12)[C@@H](O)C1CC1. The monoisotopic (exact) mass is 313 g/mol. The summed E-state index contributed by atoms with van der Waals surface area (Å²) >= 11 is 0. The summed E-state index contributed by atoms with van der Waals surface area (Å²) in [5.74, 6) is 0.380. The van der Waals surface area contributed by atoms with Gasteiger partial charge in [-0.15, -0.1) is 12.4 Å². The van der Waals surface area contributed by atoms with Gasteiger partial charge in [-0.1, -0.05) is 48.5 Å². The van der Waals surface area contributed by atoms with Gasteiger partial charge in [-0.25, -0.2) is 0 Å². The third-order valence-corrected chi connectivity index (χ3v) is 4.63. The average Bonchev–Trinajstić information content (AvgIpc) is 3.37. The van der Waals surface area contributed by atoms with E-state index in [0.29, 0.717) is 5.92 Å². The van der Waals surface area contributed by atoms with Gasteiger partial charge in [0, 0.05) is 0 Å². The fourth-order valence-electron chi connectivity index (χ4n) is 3.27. The van der Waals surface area contributed by atoms with Crippen LogP contribution in [0.4, 0.5) is 0 Å². The van der Waals surface area contributed by atoms with Crippen molar-refractivity contribution in [3.05, 3.63) is 60.2 Å². The number of fused-ring (bicyclic) bond motifs is 3. The average molecular weight is 314 g/mol. The van der Waals surface area contributed by atoms with Gasteiger partial charge in [0.1, 0.15) is 0 Å². The van der Waals surface area contributed by atoms with Gasteiger partial charge in [0.15, 0.2) is 0 Å². The number of aliphatic hydroxyl groups excluding tert-OH is 1. The zero-order chi connectivity index (χ0) is 14.4. The molecule has 114 valence electrons. The molecule has 1 fully saturated rings. The Morgan fingerprint density at radius 2 is 1.50 bits per heavy atom. The standard InChI is InChI=1S/C19H19NO.ClH/c20-18(19(21)12-9-10-12)17-11-13-5-1-2-6-14(13)15-7-3-4-8-16(15)17;/h1-8,11-12,18-19,21H,9-10,20H2;1H/t18-,19+;/m1./s1. The third kappa shape index (κ3) is 2.48. The van der Waals surface area contributed by atoms with Crippen molar-refractivity contribution in [3.63, 3.8) is 0 Å². The summed E-state index contributed by atoms with van der Waals surface area (Å²) in [7, 11) is 0. The molecule has 2 nitrogen and oxygen atoms in total. The highest BCUT2D eigenvalue weighted by Crippen LogP contribution is 2.39. The van der Waals surface area contributed by atoms with E-state index in [-0.39, 0.29) is 18.4 Å². The van der Waals surface area contributed by atoms with Crippen LogP contribution in [-0.2, 0) is 0 Å². The number of hydrogen-bond acceptors (Lipinski definition) is 2. The van der Waals surface area contributed by atoms with Crippen LogP contribution in [-0.4, -0.2) is 11.2 Å². The van der Waals surface area contributed by atoms with E-state index in [1.54, 1.807) is 0 Å². The zero-order valence-corrected chi connectivity index (χ0v) is 13.1. The molecule has 1 saturated carbocycles. The van der Waals surface area contributed by atoms with Crippen molar-refractivity contribution in [2.45, 2.75) is 25.0 Å². The van der Waals surface area contributed by atoms with Crippen molar-refractivity contribution in [1.82, 2.24) is 0 Å². The van der Waals surface area contributed by atoms with Gasteiger partial charge < -0.3 is 10.8 Å². The molecule has 3 N–H and O–H groups in total. The molecule has 3 aromatic rings. The van der Waals surface area contributed by atoms with E-state index < -0.39 is 6.10 Å². The molecule has 0 heterocycles. The van der Waals surface area contributed by atoms with Gasteiger partial charge in [-0.3, -0.25) is 0 Å². The van der Waals surface area contributed by atoms with E-state index >= 15 is 0 Å². The number of benzene rings is 3. The van der Waals surface area contributed by atoms with Crippen LogP contribution in [0.5, 0.6) is 0 Å². The summed E-state index contributed by atoms with van der Waals surface area (Å²) in [4.78, 5) is 0. The Hall–Kier alpha value is -1.61. The molecule has 0 radical (unpaired) electrons. The Morgan fingerprint density at radius 1 is 0.909 bits per heavy atom. The van der Waals surface area contributed by atoms with Crippen molar-refractivity contribution < 1.29 is 5.11 Å². The normalized spacial score (nSPS) is 17.2. The second-order valence-corrected chi connectivity index (χ2v) is 6.09. The largest absolute Gasteiger partial charge is 0.391 e. The maximum absolute atomic E-state index is 10.4. The minimum absolute atomic E-state index is 0. The fourth-order valence-corrected chi connectivity index (χ4v) is 3.27. The Bertz CT molecular complexity index is 813. The lowest BCUT2D eigenvalue weighted by atomic mass is 9.90. The highest BCUT2D eigenvalue weighted by Gasteiger charge is 2.34. The van der Waals surface area contributed by atoms with Gasteiger partial charge in [0.25, 0.3) is 0 Å². The second-order valence-electron chi connectivity index (χ2n) is 6.09. The van der Waals surface area contributed by atoms with Gasteiger partial charge in [-0.05, 0) is 51.9 Å². The first-order valence-corrected chi connectivity index (χ1v) is 7.60. The molecule has 3 aromatic carbocycles. The molecule has 3 heteroatoms. The van der Waals surface area contributed by atoms with Crippen LogP contribution in [0.2, 0.25) is 0 Å². The molecule has 2 atom stereocenters. The van der Waals surface area contributed by atoms with Crippen LogP contribution in [0.25, 0.3) is 21.5 Å². The smallest absolute Gasteiger partial charge is 0.0761 e. The summed E-state index contributed by atoms with van der Waals surface area (Å²) in [6, 6.07) is 18.5. The lowest BCUT2D eigenvalue weighted by molar-refractivity contribution is 0.123. The van der Waals surface area contributed by atoms with Crippen molar-refractivity contribution >= 4 is 34.0 Å². The first-order chi connectivity index (χ1) is 10.3. The predicted molar refractivity (Wildman–Crippen MR) is 94.4 cm³/mol. The molecular formula is C19H20ClNO. The Labute approximate surface area is 136 Å². The Morgan fingerprint density at radius 3 is 2.18 bits per heavy atom. The molecule has 1 aliphatic carbocycles. The summed E-state index contributed by atoms with van der Waals surface area (Å²) in [5.41, 5.74) is 7.45. The topological polar surface area (TPSA) is 46.2 Å². The van der Waals surface area contributed by atoms with E-state index in [0.717, 1.165) is 23.8 Å². The molecule has 0 aromatic heterocycles. The fraction of sp³-hybridized carbons (Fsp3) is 0.263. The van der Waals surface area contributed by atoms with Crippen LogP contribution in [0.15, 0.2) is 54.6 Å². The number of rotatable bonds is 3. The van der Waals surface area contributed by atoms with E-state index in [9.17, 15) is 5.11 Å². The van der Waals surface area contributed by atoms with Crippen molar-refractivity contribution in [3.8, 4) is 0 Å². The van der Waals surface area contributed by atoms with E-state index in [4.69, 9.17) is 5.73 Å². The highest BCUT2D eigenvalue weighted by molar-refractivity contribution is 6.09. The number of halogens is 1.